The molecule has 0 aromatic rings. The third-order valence-corrected chi connectivity index (χ3v) is 3.58. The lowest BCUT2D eigenvalue weighted by Gasteiger charge is -2.46. The monoisotopic (exact) mass is 232 g/mol. The molecule has 4 heteroatoms. The Morgan fingerprint density at radius 1 is 1.31 bits per heavy atom. The van der Waals surface area contributed by atoms with Crippen molar-refractivity contribution in [2.45, 2.75) is 45.4 Å². The Morgan fingerprint density at radius 3 is 2.19 bits per heavy atom. The van der Waals surface area contributed by atoms with Gasteiger partial charge in [0.25, 0.3) is 0 Å². The second kappa shape index (κ2) is 7.22. The smallest absolute Gasteiger partial charge is 0.0736 e. The Kier molecular flexibility index (Phi) is 7.15. The van der Waals surface area contributed by atoms with Gasteiger partial charge in [-0.2, -0.15) is 0 Å². The summed E-state index contributed by atoms with van der Waals surface area (Å²) in [5, 5.41) is 0. The number of nitrogens with two attached hydrogens (primary N) is 1. The van der Waals surface area contributed by atoms with Crippen LogP contribution in [0, 0.1) is 0 Å². The van der Waals surface area contributed by atoms with Crippen LogP contribution in [-0.2, 0) is 9.47 Å². The maximum Gasteiger partial charge on any atom is 0.0736 e. The summed E-state index contributed by atoms with van der Waals surface area (Å²) < 4.78 is 10.7. The van der Waals surface area contributed by atoms with Crippen molar-refractivity contribution in [1.82, 2.24) is 4.90 Å². The van der Waals surface area contributed by atoms with Gasteiger partial charge in [0.05, 0.1) is 18.2 Å². The fourth-order valence-electron chi connectivity index (χ4n) is 2.28. The maximum atomic E-state index is 5.93. The highest BCUT2D eigenvalue weighted by atomic mass is 16.5. The fourth-order valence-corrected chi connectivity index (χ4v) is 2.28. The third kappa shape index (κ3) is 3.42. The van der Waals surface area contributed by atoms with Crippen LogP contribution < -0.4 is 5.73 Å². The summed E-state index contributed by atoms with van der Waals surface area (Å²) in [6.07, 6.45) is 0.0942. The molecule has 0 spiro atoms. The van der Waals surface area contributed by atoms with E-state index in [4.69, 9.17) is 15.2 Å². The van der Waals surface area contributed by atoms with Crippen molar-refractivity contribution < 1.29 is 9.47 Å². The van der Waals surface area contributed by atoms with Crippen LogP contribution in [0.2, 0.25) is 0 Å². The van der Waals surface area contributed by atoms with E-state index in [1.165, 1.54) is 0 Å². The standard InChI is InChI=1S/C12H28N2O2/c1-7-14(10(2)8-15-5)12(4,9-13)11(3)16-6/h10-11H,7-9,13H2,1-6H3. The first-order chi connectivity index (χ1) is 7.47. The van der Waals surface area contributed by atoms with E-state index in [1.54, 1.807) is 14.2 Å². The van der Waals surface area contributed by atoms with Gasteiger partial charge in [-0.1, -0.05) is 6.92 Å². The molecule has 0 saturated heterocycles. The fraction of sp³-hybridized carbons (Fsp3) is 1.00. The van der Waals surface area contributed by atoms with Gasteiger partial charge >= 0.3 is 0 Å². The summed E-state index contributed by atoms with van der Waals surface area (Å²) in [6.45, 7) is 10.7. The van der Waals surface area contributed by atoms with E-state index >= 15 is 0 Å². The topological polar surface area (TPSA) is 47.7 Å². The van der Waals surface area contributed by atoms with Crippen LogP contribution in [0.25, 0.3) is 0 Å². The third-order valence-electron chi connectivity index (χ3n) is 3.58. The molecule has 0 aromatic heterocycles. The van der Waals surface area contributed by atoms with Gasteiger partial charge in [-0.25, -0.2) is 0 Å². The number of likely N-dealkylation sites (N-methyl/N-ethyl adjacent to an activating group) is 1. The lowest BCUT2D eigenvalue weighted by atomic mass is 9.91. The van der Waals surface area contributed by atoms with Gasteiger partial charge in [0.2, 0.25) is 0 Å². The van der Waals surface area contributed by atoms with Gasteiger partial charge in [0.15, 0.2) is 0 Å². The lowest BCUT2D eigenvalue weighted by molar-refractivity contribution is -0.0575. The van der Waals surface area contributed by atoms with Crippen LogP contribution in [0.4, 0.5) is 0 Å². The maximum absolute atomic E-state index is 5.93. The Labute approximate surface area is 100 Å². The van der Waals surface area contributed by atoms with Crippen LogP contribution in [0.5, 0.6) is 0 Å². The van der Waals surface area contributed by atoms with Crippen LogP contribution in [0.3, 0.4) is 0 Å². The van der Waals surface area contributed by atoms with E-state index in [1.807, 2.05) is 0 Å². The van der Waals surface area contributed by atoms with Gasteiger partial charge < -0.3 is 15.2 Å². The molecule has 2 N–H and O–H groups in total. The molecule has 0 rings (SSSR count). The molecule has 0 heterocycles. The summed E-state index contributed by atoms with van der Waals surface area (Å²) in [5.41, 5.74) is 5.78. The predicted octanol–water partition coefficient (Wildman–Crippen LogP) is 1.10. The first kappa shape index (κ1) is 15.8. The number of ether oxygens (including phenoxy) is 2. The number of rotatable bonds is 8. The molecule has 0 bridgehead atoms. The quantitative estimate of drug-likeness (QED) is 0.681. The predicted molar refractivity (Wildman–Crippen MR) is 67.6 cm³/mol. The highest BCUT2D eigenvalue weighted by molar-refractivity contribution is 4.94. The van der Waals surface area contributed by atoms with Crippen molar-refractivity contribution >= 4 is 0 Å². The van der Waals surface area contributed by atoms with Crippen molar-refractivity contribution in [3.8, 4) is 0 Å². The Bertz CT molecular complexity index is 190. The second-order valence-electron chi connectivity index (χ2n) is 4.53. The normalized spacial score (nSPS) is 19.5. The van der Waals surface area contributed by atoms with Crippen LogP contribution in [-0.4, -0.2) is 56.5 Å². The van der Waals surface area contributed by atoms with E-state index in [2.05, 4.69) is 32.6 Å². The number of hydrogen-bond acceptors (Lipinski definition) is 4. The first-order valence-electron chi connectivity index (χ1n) is 5.96. The van der Waals surface area contributed by atoms with E-state index < -0.39 is 0 Å². The van der Waals surface area contributed by atoms with E-state index in [0.717, 1.165) is 6.54 Å². The summed E-state index contributed by atoms with van der Waals surface area (Å²) in [4.78, 5) is 2.35. The van der Waals surface area contributed by atoms with Crippen molar-refractivity contribution in [1.29, 1.82) is 0 Å². The second-order valence-corrected chi connectivity index (χ2v) is 4.53. The summed E-state index contributed by atoms with van der Waals surface area (Å²) in [6, 6.07) is 0.334. The summed E-state index contributed by atoms with van der Waals surface area (Å²) in [5.74, 6) is 0. The van der Waals surface area contributed by atoms with Gasteiger partial charge in [0, 0.05) is 26.8 Å². The minimum atomic E-state index is -0.151. The van der Waals surface area contributed by atoms with Crippen LogP contribution in [0.15, 0.2) is 0 Å². The molecule has 0 aliphatic carbocycles. The molecule has 0 saturated carbocycles. The molecule has 3 atom stereocenters. The minimum Gasteiger partial charge on any atom is -0.383 e. The number of hydrogen-bond donors (Lipinski definition) is 1. The average molecular weight is 232 g/mol. The Morgan fingerprint density at radius 2 is 1.88 bits per heavy atom. The highest BCUT2D eigenvalue weighted by Gasteiger charge is 2.38. The van der Waals surface area contributed by atoms with Gasteiger partial charge in [-0.05, 0) is 27.3 Å². The molecular weight excluding hydrogens is 204 g/mol. The Hall–Kier alpha value is -0.160. The minimum absolute atomic E-state index is 0.0942. The molecule has 0 fully saturated rings. The summed E-state index contributed by atoms with van der Waals surface area (Å²) in [7, 11) is 3.46. The SMILES string of the molecule is CCN(C(C)COC)C(C)(CN)C(C)OC. The van der Waals surface area contributed by atoms with E-state index in [9.17, 15) is 0 Å². The highest BCUT2D eigenvalue weighted by Crippen LogP contribution is 2.23. The number of nitrogens with zero attached hydrogens (tertiary/aromatic N) is 1. The molecule has 0 aromatic carbocycles. The largest absolute Gasteiger partial charge is 0.383 e. The molecule has 3 unspecified atom stereocenters. The van der Waals surface area contributed by atoms with E-state index in [0.29, 0.717) is 19.2 Å². The zero-order chi connectivity index (χ0) is 12.8. The van der Waals surface area contributed by atoms with Gasteiger partial charge in [-0.15, -0.1) is 0 Å². The zero-order valence-electron chi connectivity index (χ0n) is 11.6. The van der Waals surface area contributed by atoms with E-state index in [-0.39, 0.29) is 11.6 Å². The van der Waals surface area contributed by atoms with Crippen molar-refractivity contribution in [3.05, 3.63) is 0 Å². The Balaban J connectivity index is 4.85. The average Bonchev–Trinajstić information content (AvgIpc) is 2.28. The van der Waals surface area contributed by atoms with Gasteiger partial charge in [0.1, 0.15) is 0 Å². The number of methoxy groups -OCH3 is 2. The zero-order valence-corrected chi connectivity index (χ0v) is 11.6. The molecule has 0 amide bonds. The molecule has 0 radical (unpaired) electrons. The first-order valence-corrected chi connectivity index (χ1v) is 5.96. The molecule has 16 heavy (non-hydrogen) atoms. The van der Waals surface area contributed by atoms with Crippen LogP contribution in [0.1, 0.15) is 27.7 Å². The van der Waals surface area contributed by atoms with Gasteiger partial charge in [-0.3, -0.25) is 4.90 Å². The molecule has 0 aliphatic rings. The molecule has 0 aliphatic heterocycles. The molecular formula is C12H28N2O2. The molecule has 98 valence electrons. The summed E-state index contributed by atoms with van der Waals surface area (Å²) >= 11 is 0. The molecule has 4 nitrogen and oxygen atoms in total. The van der Waals surface area contributed by atoms with Crippen LogP contribution >= 0.6 is 0 Å². The van der Waals surface area contributed by atoms with Crippen molar-refractivity contribution in [2.24, 2.45) is 5.73 Å². The lowest BCUT2D eigenvalue weighted by Crippen LogP contribution is -2.62. The van der Waals surface area contributed by atoms with Crippen molar-refractivity contribution in [2.75, 3.05) is 33.9 Å². The van der Waals surface area contributed by atoms with Crippen molar-refractivity contribution in [3.63, 3.8) is 0 Å².